The molecule has 4 N–H and O–H groups in total. The van der Waals surface area contributed by atoms with Crippen LogP contribution in [0.1, 0.15) is 28.9 Å². The molecule has 5 nitrogen and oxygen atoms in total. The largest absolute Gasteiger partial charge is 0.397 e. The molecule has 3 aromatic carbocycles. The molecule has 1 amide bonds. The van der Waals surface area contributed by atoms with Crippen molar-refractivity contribution in [1.82, 2.24) is 5.32 Å². The van der Waals surface area contributed by atoms with Crippen molar-refractivity contribution in [2.75, 3.05) is 42.1 Å². The number of benzene rings is 3. The molecule has 2 fully saturated rings. The van der Waals surface area contributed by atoms with Crippen molar-refractivity contribution in [3.05, 3.63) is 77.7 Å². The average molecular weight is 483 g/mol. The van der Waals surface area contributed by atoms with Gasteiger partial charge in [0.25, 0.3) is 5.91 Å². The van der Waals surface area contributed by atoms with E-state index in [9.17, 15) is 4.79 Å². The lowest BCUT2D eigenvalue weighted by Crippen LogP contribution is -2.41. The van der Waals surface area contributed by atoms with Gasteiger partial charge in [-0.1, -0.05) is 42.5 Å². The molecular weight excluding hydrogens is 452 g/mol. The van der Waals surface area contributed by atoms with Crippen LogP contribution in [-0.2, 0) is 0 Å². The van der Waals surface area contributed by atoms with Gasteiger partial charge in [0.2, 0.25) is 0 Å². The average Bonchev–Trinajstić information content (AvgIpc) is 3.53. The maximum absolute atomic E-state index is 13.1. The third-order valence-corrected chi connectivity index (χ3v) is 8.75. The molecule has 178 valence electrons. The van der Waals surface area contributed by atoms with Crippen LogP contribution in [0, 0.1) is 5.41 Å². The predicted molar refractivity (Wildman–Crippen MR) is 147 cm³/mol. The highest BCUT2D eigenvalue weighted by Gasteiger charge is 2.37. The number of rotatable bonds is 4. The second-order valence-electron chi connectivity index (χ2n) is 9.87. The van der Waals surface area contributed by atoms with Crippen molar-refractivity contribution in [2.45, 2.75) is 19.3 Å². The highest BCUT2D eigenvalue weighted by Crippen LogP contribution is 2.39. The molecule has 0 radical (unpaired) electrons. The number of fused-ring (bicyclic) bond motifs is 1. The molecule has 4 aromatic rings. The Hall–Kier alpha value is -3.35. The third-order valence-electron chi connectivity index (χ3n) is 7.66. The number of nitrogens with two attached hydrogens (primary N) is 1. The Morgan fingerprint density at radius 3 is 2.54 bits per heavy atom. The van der Waals surface area contributed by atoms with Gasteiger partial charge in [-0.3, -0.25) is 4.79 Å². The van der Waals surface area contributed by atoms with Crippen molar-refractivity contribution in [2.24, 2.45) is 5.41 Å². The number of piperidine rings is 1. The quantitative estimate of drug-likeness (QED) is 0.313. The first kappa shape index (κ1) is 22.1. The fourth-order valence-corrected chi connectivity index (χ4v) is 6.44. The molecule has 3 heterocycles. The predicted octanol–water partition coefficient (Wildman–Crippen LogP) is 5.98. The number of carbonyl (C=O) groups is 1. The summed E-state index contributed by atoms with van der Waals surface area (Å²) in [5, 5.41) is 7.68. The summed E-state index contributed by atoms with van der Waals surface area (Å²) in [6, 6.07) is 24.4. The summed E-state index contributed by atoms with van der Waals surface area (Å²) in [7, 11) is 0. The Morgan fingerprint density at radius 2 is 1.77 bits per heavy atom. The van der Waals surface area contributed by atoms with Crippen molar-refractivity contribution < 1.29 is 4.79 Å². The van der Waals surface area contributed by atoms with Crippen molar-refractivity contribution in [3.63, 3.8) is 0 Å². The van der Waals surface area contributed by atoms with Crippen LogP contribution in [0.15, 0.2) is 72.8 Å². The van der Waals surface area contributed by atoms with Crippen LogP contribution in [-0.4, -0.2) is 32.1 Å². The Kier molecular flexibility index (Phi) is 5.71. The normalized spacial score (nSPS) is 17.2. The molecule has 2 aliphatic heterocycles. The van der Waals surface area contributed by atoms with Crippen LogP contribution in [0.4, 0.5) is 17.1 Å². The lowest BCUT2D eigenvalue weighted by molar-refractivity contribution is 0.103. The van der Waals surface area contributed by atoms with E-state index < -0.39 is 0 Å². The topological polar surface area (TPSA) is 70.4 Å². The van der Waals surface area contributed by atoms with Gasteiger partial charge in [0.15, 0.2) is 0 Å². The Bertz CT molecular complexity index is 1360. The molecule has 1 spiro atoms. The zero-order valence-electron chi connectivity index (χ0n) is 19.7. The van der Waals surface area contributed by atoms with E-state index in [1.807, 2.05) is 54.6 Å². The lowest BCUT2D eigenvalue weighted by atomic mass is 9.78. The molecule has 2 saturated heterocycles. The summed E-state index contributed by atoms with van der Waals surface area (Å²) >= 11 is 1.54. The molecular formula is C29H30N4OS. The molecule has 6 rings (SSSR count). The van der Waals surface area contributed by atoms with Gasteiger partial charge in [0.1, 0.15) is 0 Å². The molecule has 2 aliphatic rings. The molecule has 6 heteroatoms. The number of hydrogen-bond donors (Lipinski definition) is 3. The summed E-state index contributed by atoms with van der Waals surface area (Å²) in [4.78, 5) is 16.3. The molecule has 1 aromatic heterocycles. The van der Waals surface area contributed by atoms with Gasteiger partial charge in [-0.25, -0.2) is 0 Å². The number of nitrogen functional groups attached to an aromatic ring is 1. The number of amides is 1. The van der Waals surface area contributed by atoms with E-state index in [-0.39, 0.29) is 5.91 Å². The van der Waals surface area contributed by atoms with Crippen LogP contribution in [0.3, 0.4) is 0 Å². The smallest absolute Gasteiger partial charge is 0.265 e. The summed E-state index contributed by atoms with van der Waals surface area (Å²) in [5.41, 5.74) is 11.3. The van der Waals surface area contributed by atoms with Crippen LogP contribution in [0.5, 0.6) is 0 Å². The zero-order chi connectivity index (χ0) is 23.8. The van der Waals surface area contributed by atoms with Crippen molar-refractivity contribution >= 4 is 44.4 Å². The standard InChI is InChI=1S/C29H30N4OS/c30-24-9-7-21(20-4-2-1-3-5-20)16-25(24)32-28(34)27-17-22-6-8-23(18-26(22)35-27)33-14-11-29(12-15-33)10-13-31-19-29/h1-9,16-18,31H,10-15,19,30H2,(H,32,34). The van der Waals surface area contributed by atoms with Crippen LogP contribution in [0.25, 0.3) is 21.2 Å². The van der Waals surface area contributed by atoms with E-state index in [0.29, 0.717) is 21.7 Å². The van der Waals surface area contributed by atoms with E-state index in [2.05, 4.69) is 33.7 Å². The molecule has 0 unspecified atom stereocenters. The molecule has 0 aliphatic carbocycles. The summed E-state index contributed by atoms with van der Waals surface area (Å²) in [6.07, 6.45) is 3.81. The van der Waals surface area contributed by atoms with Gasteiger partial charge in [0, 0.05) is 30.0 Å². The van der Waals surface area contributed by atoms with Gasteiger partial charge in [-0.2, -0.15) is 0 Å². The number of nitrogens with zero attached hydrogens (tertiary/aromatic N) is 1. The van der Waals surface area contributed by atoms with Crippen molar-refractivity contribution in [3.8, 4) is 11.1 Å². The minimum atomic E-state index is -0.127. The highest BCUT2D eigenvalue weighted by molar-refractivity contribution is 7.21. The van der Waals surface area contributed by atoms with Gasteiger partial charge >= 0.3 is 0 Å². The molecule has 0 saturated carbocycles. The second kappa shape index (κ2) is 9.02. The summed E-state index contributed by atoms with van der Waals surface area (Å²) in [6.45, 7) is 4.53. The monoisotopic (exact) mass is 482 g/mol. The van der Waals surface area contributed by atoms with E-state index in [4.69, 9.17) is 5.73 Å². The van der Waals surface area contributed by atoms with E-state index >= 15 is 0 Å². The highest BCUT2D eigenvalue weighted by atomic mass is 32.1. The Labute approximate surface area is 210 Å². The maximum atomic E-state index is 13.1. The fraction of sp³-hybridized carbons (Fsp3) is 0.276. The van der Waals surface area contributed by atoms with Crippen molar-refractivity contribution in [1.29, 1.82) is 0 Å². The fourth-order valence-electron chi connectivity index (χ4n) is 5.45. The zero-order valence-corrected chi connectivity index (χ0v) is 20.5. The number of hydrogen-bond acceptors (Lipinski definition) is 5. The minimum Gasteiger partial charge on any atom is -0.397 e. The first-order valence-electron chi connectivity index (χ1n) is 12.3. The maximum Gasteiger partial charge on any atom is 0.265 e. The first-order chi connectivity index (χ1) is 17.1. The number of thiophene rings is 1. The lowest BCUT2D eigenvalue weighted by Gasteiger charge is -2.40. The van der Waals surface area contributed by atoms with Gasteiger partial charge in [0.05, 0.1) is 16.3 Å². The van der Waals surface area contributed by atoms with Crippen LogP contribution in [0.2, 0.25) is 0 Å². The second-order valence-corrected chi connectivity index (χ2v) is 11.0. The molecule has 0 bridgehead atoms. The van der Waals surface area contributed by atoms with Gasteiger partial charge in [-0.15, -0.1) is 11.3 Å². The Balaban J connectivity index is 1.19. The van der Waals surface area contributed by atoms with Gasteiger partial charge < -0.3 is 21.3 Å². The number of carbonyl (C=O) groups excluding carboxylic acids is 1. The first-order valence-corrected chi connectivity index (χ1v) is 13.2. The molecule has 35 heavy (non-hydrogen) atoms. The van der Waals surface area contributed by atoms with E-state index in [0.717, 1.165) is 40.8 Å². The van der Waals surface area contributed by atoms with Gasteiger partial charge in [-0.05, 0) is 78.1 Å². The molecule has 0 atom stereocenters. The Morgan fingerprint density at radius 1 is 0.943 bits per heavy atom. The SMILES string of the molecule is Nc1ccc(-c2ccccc2)cc1NC(=O)c1cc2ccc(N3CCC4(CCNC4)CC3)cc2s1. The third kappa shape index (κ3) is 4.40. The van der Waals surface area contributed by atoms with Crippen LogP contribution >= 0.6 is 11.3 Å². The minimum absolute atomic E-state index is 0.127. The van der Waals surface area contributed by atoms with Crippen LogP contribution < -0.4 is 21.3 Å². The summed E-state index contributed by atoms with van der Waals surface area (Å²) in [5.74, 6) is -0.127. The summed E-state index contributed by atoms with van der Waals surface area (Å²) < 4.78 is 1.14. The van der Waals surface area contributed by atoms with E-state index in [1.54, 1.807) is 0 Å². The number of nitrogens with one attached hydrogen (secondary N) is 2. The van der Waals surface area contributed by atoms with E-state index in [1.165, 1.54) is 42.8 Å². The number of anilines is 3.